The van der Waals surface area contributed by atoms with Gasteiger partial charge in [0.2, 0.25) is 17.8 Å². The summed E-state index contributed by atoms with van der Waals surface area (Å²) < 4.78 is 0. The Morgan fingerprint density at radius 1 is 0.800 bits per heavy atom. The highest BCUT2D eigenvalue weighted by molar-refractivity contribution is 5.45. The van der Waals surface area contributed by atoms with E-state index in [9.17, 15) is 5.11 Å². The van der Waals surface area contributed by atoms with Gasteiger partial charge in [-0.05, 0) is 67.7 Å². The maximum atomic E-state index is 9.50. The number of piperidine rings is 1. The maximum Gasteiger partial charge on any atom is 0.231 e. The van der Waals surface area contributed by atoms with Crippen LogP contribution in [0.25, 0.3) is 0 Å². The summed E-state index contributed by atoms with van der Waals surface area (Å²) in [5, 5.41) is 16.5. The molecule has 1 saturated heterocycles. The first-order valence-electron chi connectivity index (χ1n) is 13.0. The van der Waals surface area contributed by atoms with E-state index in [-0.39, 0.29) is 0 Å². The first-order chi connectivity index (χ1) is 17.2. The van der Waals surface area contributed by atoms with E-state index in [1.807, 2.05) is 12.1 Å². The van der Waals surface area contributed by atoms with Crippen LogP contribution < -0.4 is 15.5 Å². The van der Waals surface area contributed by atoms with Crippen LogP contribution in [0.15, 0.2) is 54.6 Å². The van der Waals surface area contributed by atoms with Crippen LogP contribution >= 0.6 is 0 Å². The Hall–Kier alpha value is -3.35. The smallest absolute Gasteiger partial charge is 0.231 e. The molecular formula is C28H36N6O. The highest BCUT2D eigenvalue weighted by Crippen LogP contribution is 2.26. The minimum absolute atomic E-state index is 0.291. The molecule has 0 spiro atoms. The molecule has 35 heavy (non-hydrogen) atoms. The second kappa shape index (κ2) is 11.4. The lowest BCUT2D eigenvalue weighted by atomic mass is 9.90. The van der Waals surface area contributed by atoms with Crippen molar-refractivity contribution in [2.75, 3.05) is 35.2 Å². The van der Waals surface area contributed by atoms with Gasteiger partial charge in [0.15, 0.2) is 0 Å². The first-order valence-corrected chi connectivity index (χ1v) is 13.0. The van der Waals surface area contributed by atoms with Crippen LogP contribution in [0.3, 0.4) is 0 Å². The van der Waals surface area contributed by atoms with Crippen molar-refractivity contribution < 1.29 is 5.11 Å². The molecule has 0 radical (unpaired) electrons. The zero-order valence-corrected chi connectivity index (χ0v) is 20.4. The van der Waals surface area contributed by atoms with Gasteiger partial charge in [0, 0.05) is 25.7 Å². The Morgan fingerprint density at radius 3 is 2.26 bits per heavy atom. The third-order valence-electron chi connectivity index (χ3n) is 7.21. The summed E-state index contributed by atoms with van der Waals surface area (Å²) >= 11 is 0. The molecule has 7 nitrogen and oxygen atoms in total. The van der Waals surface area contributed by atoms with E-state index in [4.69, 9.17) is 15.0 Å². The lowest BCUT2D eigenvalue weighted by molar-refractivity contribution is 0.400. The fourth-order valence-corrected chi connectivity index (χ4v) is 5.17. The maximum absolute atomic E-state index is 9.50. The van der Waals surface area contributed by atoms with Crippen LogP contribution in [0.4, 0.5) is 17.8 Å². The normalized spacial score (nSPS) is 17.0. The molecular weight excluding hydrogens is 436 g/mol. The molecule has 3 aromatic rings. The number of aromatic hydroxyl groups is 1. The van der Waals surface area contributed by atoms with Crippen molar-refractivity contribution in [1.29, 1.82) is 0 Å². The third-order valence-corrected chi connectivity index (χ3v) is 7.21. The molecule has 1 aromatic heterocycles. The van der Waals surface area contributed by atoms with Crippen molar-refractivity contribution in [2.45, 2.75) is 57.4 Å². The van der Waals surface area contributed by atoms with Crippen LogP contribution in [0.1, 0.15) is 49.7 Å². The molecule has 2 heterocycles. The molecule has 3 N–H and O–H groups in total. The van der Waals surface area contributed by atoms with Gasteiger partial charge in [0.25, 0.3) is 0 Å². The average molecular weight is 473 g/mol. The lowest BCUT2D eigenvalue weighted by Crippen LogP contribution is -2.36. The van der Waals surface area contributed by atoms with Gasteiger partial charge in [-0.15, -0.1) is 0 Å². The number of phenolic OH excluding ortho intramolecular Hbond substituents is 1. The van der Waals surface area contributed by atoms with Gasteiger partial charge in [0.05, 0.1) is 0 Å². The van der Waals surface area contributed by atoms with Crippen molar-refractivity contribution in [3.63, 3.8) is 0 Å². The molecule has 5 rings (SSSR count). The first kappa shape index (κ1) is 23.4. The summed E-state index contributed by atoms with van der Waals surface area (Å²) in [4.78, 5) is 16.6. The van der Waals surface area contributed by atoms with Crippen LogP contribution in [0, 0.1) is 5.92 Å². The topological polar surface area (TPSA) is 86.2 Å². The predicted octanol–water partition coefficient (Wildman–Crippen LogP) is 5.05. The Labute approximate surface area is 208 Å². The van der Waals surface area contributed by atoms with E-state index in [2.05, 4.69) is 45.9 Å². The van der Waals surface area contributed by atoms with E-state index in [1.54, 1.807) is 12.1 Å². The highest BCUT2D eigenvalue weighted by Gasteiger charge is 2.23. The summed E-state index contributed by atoms with van der Waals surface area (Å²) in [5.74, 6) is 3.07. The molecule has 1 saturated carbocycles. The quantitative estimate of drug-likeness (QED) is 0.402. The zero-order chi connectivity index (χ0) is 23.9. The molecule has 7 heteroatoms. The van der Waals surface area contributed by atoms with Crippen LogP contribution in [-0.2, 0) is 12.8 Å². The minimum atomic E-state index is 0.291. The summed E-state index contributed by atoms with van der Waals surface area (Å²) in [5.41, 5.74) is 2.59. The van der Waals surface area contributed by atoms with Crippen molar-refractivity contribution >= 4 is 17.8 Å². The van der Waals surface area contributed by atoms with Crippen molar-refractivity contribution in [2.24, 2.45) is 5.92 Å². The predicted molar refractivity (Wildman–Crippen MR) is 141 cm³/mol. The molecule has 0 bridgehead atoms. The average Bonchev–Trinajstić information content (AvgIpc) is 3.39. The molecule has 0 atom stereocenters. The molecule has 184 valence electrons. The van der Waals surface area contributed by atoms with Crippen LogP contribution in [-0.4, -0.2) is 45.7 Å². The van der Waals surface area contributed by atoms with E-state index >= 15 is 0 Å². The summed E-state index contributed by atoms with van der Waals surface area (Å²) in [6.07, 6.45) is 9.16. The summed E-state index contributed by atoms with van der Waals surface area (Å²) in [6, 6.07) is 18.6. The number of benzene rings is 2. The van der Waals surface area contributed by atoms with Gasteiger partial charge < -0.3 is 20.6 Å². The van der Waals surface area contributed by atoms with Crippen molar-refractivity contribution in [3.05, 3.63) is 65.7 Å². The number of anilines is 3. The number of nitrogens with one attached hydrogen (secondary N) is 2. The van der Waals surface area contributed by atoms with Gasteiger partial charge in [0.1, 0.15) is 5.75 Å². The van der Waals surface area contributed by atoms with Crippen LogP contribution in [0.5, 0.6) is 5.75 Å². The molecule has 2 fully saturated rings. The van der Waals surface area contributed by atoms with Gasteiger partial charge >= 0.3 is 0 Å². The summed E-state index contributed by atoms with van der Waals surface area (Å²) in [7, 11) is 0. The van der Waals surface area contributed by atoms with E-state index in [0.717, 1.165) is 56.8 Å². The number of hydrogen-bond donors (Lipinski definition) is 3. The Balaban J connectivity index is 1.23. The number of rotatable bonds is 9. The molecule has 1 aliphatic heterocycles. The van der Waals surface area contributed by atoms with Crippen LogP contribution in [0.2, 0.25) is 0 Å². The van der Waals surface area contributed by atoms with Crippen molar-refractivity contribution in [1.82, 2.24) is 15.0 Å². The number of nitrogens with zero attached hydrogens (tertiary/aromatic N) is 4. The number of phenols is 1. The Kier molecular flexibility index (Phi) is 7.61. The van der Waals surface area contributed by atoms with E-state index < -0.39 is 0 Å². The fraction of sp³-hybridized carbons (Fsp3) is 0.464. The minimum Gasteiger partial charge on any atom is -0.508 e. The molecule has 2 aliphatic rings. The highest BCUT2D eigenvalue weighted by atomic mass is 16.3. The van der Waals surface area contributed by atoms with Crippen molar-refractivity contribution in [3.8, 4) is 5.75 Å². The number of aromatic nitrogens is 3. The molecule has 1 aliphatic carbocycles. The van der Waals surface area contributed by atoms with Gasteiger partial charge in [-0.2, -0.15) is 15.0 Å². The molecule has 2 aromatic carbocycles. The molecule has 0 unspecified atom stereocenters. The Morgan fingerprint density at radius 2 is 1.51 bits per heavy atom. The standard InChI is InChI=1S/C28H36N6O/c35-25-12-10-21(11-13-25)14-17-29-26-31-27(30-24-8-4-5-9-24)33-28(32-26)34-18-15-23(16-19-34)20-22-6-2-1-3-7-22/h1-3,6-7,10-13,23-24,35H,4-5,8-9,14-20H2,(H2,29,30,31,32,33). The zero-order valence-electron chi connectivity index (χ0n) is 20.4. The van der Waals surface area contributed by atoms with Gasteiger partial charge in [-0.1, -0.05) is 55.3 Å². The second-order valence-corrected chi connectivity index (χ2v) is 9.87. The Bertz CT molecular complexity index is 1060. The largest absolute Gasteiger partial charge is 0.508 e. The van der Waals surface area contributed by atoms with E-state index in [0.29, 0.717) is 29.6 Å². The summed E-state index contributed by atoms with van der Waals surface area (Å²) in [6.45, 7) is 2.66. The fourth-order valence-electron chi connectivity index (χ4n) is 5.17. The SMILES string of the molecule is Oc1ccc(CCNc2nc(NC3CCCC3)nc(N3CCC(Cc4ccccc4)CC3)n2)cc1. The lowest BCUT2D eigenvalue weighted by Gasteiger charge is -2.32. The third kappa shape index (κ3) is 6.62. The number of hydrogen-bond acceptors (Lipinski definition) is 7. The molecule has 0 amide bonds. The van der Waals surface area contributed by atoms with E-state index in [1.165, 1.54) is 31.2 Å². The van der Waals surface area contributed by atoms with Gasteiger partial charge in [-0.3, -0.25) is 0 Å². The monoisotopic (exact) mass is 472 g/mol. The second-order valence-electron chi connectivity index (χ2n) is 9.87. The van der Waals surface area contributed by atoms with Gasteiger partial charge in [-0.25, -0.2) is 0 Å².